The van der Waals surface area contributed by atoms with Gasteiger partial charge < -0.3 is 57.5 Å². The van der Waals surface area contributed by atoms with E-state index in [2.05, 4.69) is 0 Å². The van der Waals surface area contributed by atoms with E-state index in [4.69, 9.17) is 57.5 Å². The molecule has 17 heavy (non-hydrogen) atoms. The van der Waals surface area contributed by atoms with Crippen LogP contribution in [-0.2, 0) is 0 Å². The van der Waals surface area contributed by atoms with Crippen LogP contribution in [-0.4, -0.2) is 139 Å². The Morgan fingerprint density at radius 1 is 0.294 bits per heavy atom. The average Bonchev–Trinajstić information content (AvgIpc) is 1.41. The maximum atomic E-state index is 7.33. The van der Waals surface area contributed by atoms with Gasteiger partial charge in [-0.15, -0.1) is 0 Å². The zero-order valence-corrected chi connectivity index (χ0v) is 18.6. The average molecular weight is 703 g/mol. The van der Waals surface area contributed by atoms with Crippen LogP contribution in [0.25, 0.3) is 0 Å². The molecule has 0 rings (SSSR count). The van der Waals surface area contributed by atoms with Crippen LogP contribution < -0.4 is 0 Å². The van der Waals surface area contributed by atoms with Gasteiger partial charge in [0, 0.05) is 0 Å². The molecule has 0 saturated heterocycles. The molecule has 0 spiro atoms. The van der Waals surface area contributed by atoms with Crippen LogP contribution in [0, 0.1) is 0 Å². The summed E-state index contributed by atoms with van der Waals surface area (Å²) in [6.07, 6.45) is 0. The summed E-state index contributed by atoms with van der Waals surface area (Å²) in [5, 5.41) is 0. The predicted octanol–water partition coefficient (Wildman–Crippen LogP) is -8.59. The molecule has 17 heteroatoms. The molecule has 0 aromatic heterocycles. The fraction of sp³-hybridized carbons (Fsp3) is 0. The van der Waals surface area contributed by atoms with E-state index in [0.29, 0.717) is 0 Å². The first-order chi connectivity index (χ1) is 6.00. The Morgan fingerprint density at radius 3 is 0.294 bits per heavy atom. The molecule has 12 nitrogen and oxygen atoms in total. The molecule has 0 aliphatic rings. The fourth-order valence-electron chi connectivity index (χ4n) is 0. The smallest absolute Gasteiger partial charge is 0.368 e. The van der Waals surface area contributed by atoms with E-state index >= 15 is 0 Å². The third kappa shape index (κ3) is 1140. The van der Waals surface area contributed by atoms with E-state index in [1.165, 1.54) is 0 Å². The van der Waals surface area contributed by atoms with Crippen molar-refractivity contribution in [3.05, 3.63) is 0 Å². The minimum atomic E-state index is -4.61. The van der Waals surface area contributed by atoms with Crippen molar-refractivity contribution in [1.29, 1.82) is 0 Å². The summed E-state index contributed by atoms with van der Waals surface area (Å²) in [5.41, 5.74) is 0. The monoisotopic (exact) mass is 704 g/mol. The van der Waals surface area contributed by atoms with Gasteiger partial charge in [0.25, 0.3) is 0 Å². The SMILES string of the molecule is O[Si](O)(O)O.O[Si](O)(O)O.O[Si](O)(O)O.[Pb+2].[Pb+2]. The van der Waals surface area contributed by atoms with Crippen molar-refractivity contribution in [3.8, 4) is 0 Å². The van der Waals surface area contributed by atoms with Crippen LogP contribution in [0.3, 0.4) is 0 Å². The molecule has 0 saturated carbocycles. The van der Waals surface area contributed by atoms with Crippen molar-refractivity contribution in [2.24, 2.45) is 0 Å². The van der Waals surface area contributed by atoms with E-state index in [0.717, 1.165) is 0 Å². The minimum absolute atomic E-state index is 0. The molecule has 0 amide bonds. The Kier molecular flexibility index (Phi) is 24.1. The van der Waals surface area contributed by atoms with Crippen LogP contribution in [0.2, 0.25) is 0 Å². The Balaban J connectivity index is -0.0000000400. The maximum Gasteiger partial charge on any atom is 2.00 e. The number of rotatable bonds is 0. The molecule has 0 fully saturated rings. The summed E-state index contributed by atoms with van der Waals surface area (Å²) >= 11 is 0. The predicted molar refractivity (Wildman–Crippen MR) is 55.4 cm³/mol. The zero-order chi connectivity index (χ0) is 13.5. The van der Waals surface area contributed by atoms with Crippen molar-refractivity contribution >= 4 is 81.7 Å². The molecule has 0 aliphatic heterocycles. The molecule has 4 radical (unpaired) electrons. The largest absolute Gasteiger partial charge is 2.00 e. The molecular weight excluding hydrogens is 691 g/mol. The summed E-state index contributed by atoms with van der Waals surface area (Å²) in [5.74, 6) is 0. The van der Waals surface area contributed by atoms with Crippen LogP contribution in [0.1, 0.15) is 0 Å². The third-order valence-electron chi connectivity index (χ3n) is 0. The van der Waals surface area contributed by atoms with Crippen molar-refractivity contribution in [1.82, 2.24) is 0 Å². The maximum absolute atomic E-state index is 7.33. The van der Waals surface area contributed by atoms with Gasteiger partial charge in [-0.1, -0.05) is 0 Å². The Hall–Kier alpha value is 2.01. The molecular formula is H12O12Pb2Si3+4. The molecule has 0 aromatic carbocycles. The first kappa shape index (κ1) is 31.4. The summed E-state index contributed by atoms with van der Waals surface area (Å²) in [4.78, 5) is 87.9. The molecule has 100 valence electrons. The van der Waals surface area contributed by atoms with Gasteiger partial charge in [-0.25, -0.2) is 0 Å². The summed E-state index contributed by atoms with van der Waals surface area (Å²) < 4.78 is 0. The van der Waals surface area contributed by atoms with Crippen LogP contribution in [0.4, 0.5) is 0 Å². The van der Waals surface area contributed by atoms with Crippen LogP contribution in [0.5, 0.6) is 0 Å². The first-order valence-corrected chi connectivity index (χ1v) is 8.05. The van der Waals surface area contributed by atoms with E-state index in [9.17, 15) is 0 Å². The molecule has 0 atom stereocenters. The molecule has 0 aromatic rings. The summed E-state index contributed by atoms with van der Waals surface area (Å²) in [6, 6.07) is 0. The second-order valence-electron chi connectivity index (χ2n) is 1.80. The topological polar surface area (TPSA) is 243 Å². The van der Waals surface area contributed by atoms with Gasteiger partial charge in [-0.3, -0.25) is 0 Å². The van der Waals surface area contributed by atoms with Crippen molar-refractivity contribution in [2.75, 3.05) is 0 Å². The molecule has 12 N–H and O–H groups in total. The second-order valence-corrected chi connectivity index (χ2v) is 5.40. The van der Waals surface area contributed by atoms with Crippen LogP contribution >= 0.6 is 0 Å². The fourth-order valence-corrected chi connectivity index (χ4v) is 0. The van der Waals surface area contributed by atoms with Crippen LogP contribution in [0.15, 0.2) is 0 Å². The standard InChI is InChI=1S/3H4O4Si.2Pb/c3*1-5(2,3)4;;/h3*1-4H;;/q;;;2*+2. The molecule has 0 aliphatic carbocycles. The normalized spacial score (nSPS) is 10.6. The number of hydrogen-bond acceptors (Lipinski definition) is 12. The van der Waals surface area contributed by atoms with Crippen molar-refractivity contribution < 1.29 is 57.5 Å². The van der Waals surface area contributed by atoms with Gasteiger partial charge in [-0.05, 0) is 0 Å². The number of hydrogen-bond donors (Lipinski definition) is 12. The first-order valence-electron chi connectivity index (χ1n) is 2.68. The minimum Gasteiger partial charge on any atom is -0.368 e. The van der Waals surface area contributed by atoms with Gasteiger partial charge in [0.2, 0.25) is 0 Å². The van der Waals surface area contributed by atoms with Gasteiger partial charge in [-0.2, -0.15) is 0 Å². The third-order valence-corrected chi connectivity index (χ3v) is 0. The van der Waals surface area contributed by atoms with Gasteiger partial charge >= 0.3 is 81.7 Å². The second kappa shape index (κ2) is 13.0. The zero-order valence-electron chi connectivity index (χ0n) is 7.87. The molecule has 0 bridgehead atoms. The van der Waals surface area contributed by atoms with E-state index in [1.54, 1.807) is 0 Å². The van der Waals surface area contributed by atoms with E-state index < -0.39 is 27.1 Å². The van der Waals surface area contributed by atoms with Gasteiger partial charge in [0.05, 0.1) is 0 Å². The quantitative estimate of drug-likeness (QED) is 0.105. The van der Waals surface area contributed by atoms with E-state index in [-0.39, 0.29) is 54.6 Å². The molecule has 0 heterocycles. The van der Waals surface area contributed by atoms with Gasteiger partial charge in [0.15, 0.2) is 0 Å². The Morgan fingerprint density at radius 2 is 0.294 bits per heavy atom. The molecule has 0 unspecified atom stereocenters. The van der Waals surface area contributed by atoms with E-state index in [1.807, 2.05) is 0 Å². The Bertz CT molecular complexity index is 94.8. The summed E-state index contributed by atoms with van der Waals surface area (Å²) in [7, 11) is -13.8. The Labute approximate surface area is 138 Å². The van der Waals surface area contributed by atoms with Gasteiger partial charge in [0.1, 0.15) is 0 Å². The summed E-state index contributed by atoms with van der Waals surface area (Å²) in [6.45, 7) is 0. The van der Waals surface area contributed by atoms with Crippen molar-refractivity contribution in [2.45, 2.75) is 0 Å². The van der Waals surface area contributed by atoms with Crippen molar-refractivity contribution in [3.63, 3.8) is 0 Å².